The van der Waals surface area contributed by atoms with E-state index in [0.717, 1.165) is 5.56 Å². The Morgan fingerprint density at radius 2 is 2.27 bits per heavy atom. The number of rotatable bonds is 3. The van der Waals surface area contributed by atoms with Gasteiger partial charge in [-0.1, -0.05) is 11.6 Å². The first-order valence-electron chi connectivity index (χ1n) is 4.37. The van der Waals surface area contributed by atoms with Crippen molar-refractivity contribution in [2.75, 3.05) is 14.2 Å². The number of carbonyl (C=O) groups excluding carboxylic acids is 1. The van der Waals surface area contributed by atoms with Gasteiger partial charge in [-0.05, 0) is 18.2 Å². The number of benzene rings is 1. The van der Waals surface area contributed by atoms with Gasteiger partial charge in [-0.15, -0.1) is 0 Å². The summed E-state index contributed by atoms with van der Waals surface area (Å²) in [4.78, 5) is 12.2. The fraction of sp³-hybridized carbons (Fsp3) is 0.300. The van der Waals surface area contributed by atoms with E-state index in [0.29, 0.717) is 17.3 Å². The van der Waals surface area contributed by atoms with Crippen molar-refractivity contribution in [1.29, 1.82) is 0 Å². The maximum Gasteiger partial charge on any atom is 0.314 e. The number of carbonyl (C=O) groups is 1. The van der Waals surface area contributed by atoms with E-state index in [1.54, 1.807) is 32.4 Å². The minimum Gasteiger partial charge on any atom is -0.496 e. The molecule has 1 aromatic rings. The van der Waals surface area contributed by atoms with Crippen molar-refractivity contribution < 1.29 is 9.53 Å². The van der Waals surface area contributed by atoms with Crippen LogP contribution in [0.2, 0.25) is 5.02 Å². The molecular formula is C10H13ClN2O2. The Balaban J connectivity index is 2.91. The number of hydrogen-bond donors (Lipinski definition) is 1. The van der Waals surface area contributed by atoms with Crippen molar-refractivity contribution in [2.24, 2.45) is 5.73 Å². The van der Waals surface area contributed by atoms with Crippen LogP contribution in [0.3, 0.4) is 0 Å². The average molecular weight is 229 g/mol. The Bertz CT molecular complexity index is 368. The summed E-state index contributed by atoms with van der Waals surface area (Å²) in [5.41, 5.74) is 5.95. The monoisotopic (exact) mass is 228 g/mol. The summed E-state index contributed by atoms with van der Waals surface area (Å²) in [5.74, 6) is 0.688. The van der Waals surface area contributed by atoms with E-state index in [1.165, 1.54) is 4.90 Å². The second kappa shape index (κ2) is 4.89. The smallest absolute Gasteiger partial charge is 0.314 e. The number of urea groups is 1. The van der Waals surface area contributed by atoms with Gasteiger partial charge < -0.3 is 15.4 Å². The van der Waals surface area contributed by atoms with Gasteiger partial charge in [0.05, 0.1) is 13.7 Å². The van der Waals surface area contributed by atoms with Crippen molar-refractivity contribution in [3.05, 3.63) is 28.8 Å². The molecule has 0 atom stereocenters. The summed E-state index contributed by atoms with van der Waals surface area (Å²) >= 11 is 5.85. The van der Waals surface area contributed by atoms with Gasteiger partial charge in [-0.25, -0.2) is 4.79 Å². The van der Waals surface area contributed by atoms with E-state index in [-0.39, 0.29) is 0 Å². The molecule has 0 radical (unpaired) electrons. The summed E-state index contributed by atoms with van der Waals surface area (Å²) in [5, 5.41) is 0.601. The normalized spacial score (nSPS) is 9.80. The predicted octanol–water partition coefficient (Wildman–Crippen LogP) is 1.86. The van der Waals surface area contributed by atoms with Gasteiger partial charge in [0.1, 0.15) is 5.75 Å². The lowest BCUT2D eigenvalue weighted by atomic mass is 10.2. The summed E-state index contributed by atoms with van der Waals surface area (Å²) in [6.45, 7) is 0.374. The number of ether oxygens (including phenoxy) is 1. The van der Waals surface area contributed by atoms with Gasteiger partial charge in [-0.3, -0.25) is 0 Å². The highest BCUT2D eigenvalue weighted by Gasteiger charge is 2.09. The van der Waals surface area contributed by atoms with Crippen LogP contribution in [0.15, 0.2) is 18.2 Å². The Morgan fingerprint density at radius 3 is 2.80 bits per heavy atom. The van der Waals surface area contributed by atoms with Crippen LogP contribution in [-0.2, 0) is 6.54 Å². The summed E-state index contributed by atoms with van der Waals surface area (Å²) in [6, 6.07) is 4.75. The number of hydrogen-bond acceptors (Lipinski definition) is 2. The number of nitrogens with zero attached hydrogens (tertiary/aromatic N) is 1. The molecule has 0 aliphatic heterocycles. The maximum atomic E-state index is 10.9. The van der Waals surface area contributed by atoms with Gasteiger partial charge in [0.15, 0.2) is 0 Å². The molecule has 0 aromatic heterocycles. The molecule has 5 heteroatoms. The largest absolute Gasteiger partial charge is 0.496 e. The van der Waals surface area contributed by atoms with Crippen LogP contribution in [0.25, 0.3) is 0 Å². The molecule has 0 fully saturated rings. The molecule has 0 aliphatic rings. The van der Waals surface area contributed by atoms with E-state index in [4.69, 9.17) is 22.1 Å². The van der Waals surface area contributed by atoms with Crippen LogP contribution in [0.4, 0.5) is 4.79 Å². The lowest BCUT2D eigenvalue weighted by Gasteiger charge is -2.16. The minimum absolute atomic E-state index is 0.374. The molecule has 0 aliphatic carbocycles. The zero-order chi connectivity index (χ0) is 11.4. The molecule has 0 saturated heterocycles. The van der Waals surface area contributed by atoms with Gasteiger partial charge in [0.25, 0.3) is 0 Å². The molecule has 1 aromatic carbocycles. The molecule has 1 rings (SSSR count). The fourth-order valence-electron chi connectivity index (χ4n) is 1.20. The van der Waals surface area contributed by atoms with E-state index < -0.39 is 6.03 Å². The lowest BCUT2D eigenvalue weighted by Crippen LogP contribution is -2.31. The molecule has 0 unspecified atom stereocenters. The first-order valence-corrected chi connectivity index (χ1v) is 4.75. The van der Waals surface area contributed by atoms with Crippen LogP contribution < -0.4 is 10.5 Å². The highest BCUT2D eigenvalue weighted by molar-refractivity contribution is 6.30. The van der Waals surface area contributed by atoms with Gasteiger partial charge >= 0.3 is 6.03 Å². The number of nitrogens with two attached hydrogens (primary N) is 1. The summed E-state index contributed by atoms with van der Waals surface area (Å²) in [6.07, 6.45) is 0. The topological polar surface area (TPSA) is 55.6 Å². The van der Waals surface area contributed by atoms with Crippen molar-refractivity contribution >= 4 is 17.6 Å². The Hall–Kier alpha value is -1.42. The van der Waals surface area contributed by atoms with Crippen LogP contribution in [-0.4, -0.2) is 25.1 Å². The Labute approximate surface area is 93.6 Å². The first kappa shape index (κ1) is 11.7. The van der Waals surface area contributed by atoms with Crippen molar-refractivity contribution in [3.63, 3.8) is 0 Å². The Kier molecular flexibility index (Phi) is 3.80. The SMILES string of the molecule is COc1ccc(Cl)cc1CN(C)C(N)=O. The molecule has 0 bridgehead atoms. The summed E-state index contributed by atoms with van der Waals surface area (Å²) in [7, 11) is 3.18. The van der Waals surface area contributed by atoms with E-state index >= 15 is 0 Å². The minimum atomic E-state index is -0.489. The van der Waals surface area contributed by atoms with Crippen LogP contribution in [0.1, 0.15) is 5.56 Å². The molecule has 15 heavy (non-hydrogen) atoms. The van der Waals surface area contributed by atoms with Crippen LogP contribution in [0.5, 0.6) is 5.75 Å². The van der Waals surface area contributed by atoms with Crippen LogP contribution >= 0.6 is 11.6 Å². The van der Waals surface area contributed by atoms with E-state index in [9.17, 15) is 4.79 Å². The standard InChI is InChI=1S/C10H13ClN2O2/c1-13(10(12)14)6-7-5-8(11)3-4-9(7)15-2/h3-5H,6H2,1-2H3,(H2,12,14). The third kappa shape index (κ3) is 3.02. The fourth-order valence-corrected chi connectivity index (χ4v) is 1.40. The predicted molar refractivity (Wildman–Crippen MR) is 59.1 cm³/mol. The van der Waals surface area contributed by atoms with Crippen LogP contribution in [0, 0.1) is 0 Å². The number of halogens is 1. The number of methoxy groups -OCH3 is 1. The highest BCUT2D eigenvalue weighted by Crippen LogP contribution is 2.23. The zero-order valence-corrected chi connectivity index (χ0v) is 9.41. The van der Waals surface area contributed by atoms with Gasteiger partial charge in [0.2, 0.25) is 0 Å². The third-order valence-corrected chi connectivity index (χ3v) is 2.26. The second-order valence-corrected chi connectivity index (χ2v) is 3.59. The zero-order valence-electron chi connectivity index (χ0n) is 8.66. The first-order chi connectivity index (χ1) is 7.04. The maximum absolute atomic E-state index is 10.9. The van der Waals surface area contributed by atoms with Crippen molar-refractivity contribution in [3.8, 4) is 5.75 Å². The van der Waals surface area contributed by atoms with E-state index in [2.05, 4.69) is 0 Å². The quantitative estimate of drug-likeness (QED) is 0.859. The second-order valence-electron chi connectivity index (χ2n) is 3.15. The van der Waals surface area contributed by atoms with Gasteiger partial charge in [-0.2, -0.15) is 0 Å². The average Bonchev–Trinajstić information content (AvgIpc) is 2.18. The Morgan fingerprint density at radius 1 is 1.60 bits per heavy atom. The lowest BCUT2D eigenvalue weighted by molar-refractivity contribution is 0.216. The highest BCUT2D eigenvalue weighted by atomic mass is 35.5. The molecule has 82 valence electrons. The molecular weight excluding hydrogens is 216 g/mol. The van der Waals surface area contributed by atoms with Crippen molar-refractivity contribution in [1.82, 2.24) is 4.90 Å². The molecule has 0 saturated carbocycles. The molecule has 4 nitrogen and oxygen atoms in total. The third-order valence-electron chi connectivity index (χ3n) is 2.03. The molecule has 0 heterocycles. The summed E-state index contributed by atoms with van der Waals surface area (Å²) < 4.78 is 5.14. The molecule has 2 N–H and O–H groups in total. The number of primary amides is 1. The van der Waals surface area contributed by atoms with E-state index in [1.807, 2.05) is 0 Å². The molecule has 2 amide bonds. The van der Waals surface area contributed by atoms with Gasteiger partial charge in [0, 0.05) is 17.6 Å². The van der Waals surface area contributed by atoms with Crippen molar-refractivity contribution in [2.45, 2.75) is 6.54 Å². The number of amides is 2. The molecule has 0 spiro atoms.